The molecule has 2 heterocycles. The van der Waals surface area contributed by atoms with Crippen LogP contribution in [0.25, 0.3) is 22.0 Å². The fraction of sp³-hybridized carbons (Fsp3) is 0.286. The number of rotatable bonds is 3. The van der Waals surface area contributed by atoms with Crippen molar-refractivity contribution in [3.05, 3.63) is 53.3 Å². The molecule has 0 amide bonds. The Morgan fingerprint density at radius 2 is 2.07 bits per heavy atom. The number of aromatic nitrogens is 2. The summed E-state index contributed by atoms with van der Waals surface area (Å²) in [6.07, 6.45) is 0.820. The number of carbonyl (C=O) groups is 1. The summed E-state index contributed by atoms with van der Waals surface area (Å²) in [6, 6.07) is 11.2. The summed E-state index contributed by atoms with van der Waals surface area (Å²) in [7, 11) is 0. The SMILES string of the molecule is Cc1ccc(-c2cccc3ncnc(N4CCC(F)(F)[C@@H](C(=O)O)C4)c23)cc1Cl. The molecule has 4 rings (SSSR count). The van der Waals surface area contributed by atoms with Gasteiger partial charge in [-0.05, 0) is 35.7 Å². The lowest BCUT2D eigenvalue weighted by Gasteiger charge is -2.37. The van der Waals surface area contributed by atoms with Crippen LogP contribution in [-0.4, -0.2) is 40.1 Å². The standard InChI is InChI=1S/C21H18ClF2N3O2/c1-12-5-6-13(9-16(12)22)14-3-2-4-17-18(14)19(26-11-25-17)27-8-7-21(23,24)15(10-27)20(28)29/h2-6,9,11,15H,7-8,10H2,1H3,(H,28,29)/t15-/m1/s1. The number of piperidine rings is 1. The lowest BCUT2D eigenvalue weighted by atomic mass is 9.93. The predicted molar refractivity (Wildman–Crippen MR) is 108 cm³/mol. The molecule has 0 unspecified atom stereocenters. The minimum absolute atomic E-state index is 0.00583. The fourth-order valence-corrected chi connectivity index (χ4v) is 3.87. The molecule has 2 aromatic carbocycles. The molecule has 1 saturated heterocycles. The number of anilines is 1. The normalized spacial score (nSPS) is 18.8. The van der Waals surface area contributed by atoms with Crippen LogP contribution >= 0.6 is 11.6 Å². The highest BCUT2D eigenvalue weighted by Crippen LogP contribution is 2.39. The van der Waals surface area contributed by atoms with E-state index in [-0.39, 0.29) is 13.1 Å². The maximum absolute atomic E-state index is 14.1. The molecule has 1 fully saturated rings. The van der Waals surface area contributed by atoms with Crippen LogP contribution in [0, 0.1) is 12.8 Å². The minimum Gasteiger partial charge on any atom is -0.481 e. The van der Waals surface area contributed by atoms with Crippen molar-refractivity contribution >= 4 is 34.3 Å². The highest BCUT2D eigenvalue weighted by molar-refractivity contribution is 6.31. The molecule has 0 spiro atoms. The predicted octanol–water partition coefficient (Wildman–Crippen LogP) is 4.80. The van der Waals surface area contributed by atoms with E-state index in [1.54, 1.807) is 4.90 Å². The number of halogens is 3. The van der Waals surface area contributed by atoms with Gasteiger partial charge in [-0.2, -0.15) is 0 Å². The molecule has 5 nitrogen and oxygen atoms in total. The first-order chi connectivity index (χ1) is 13.8. The maximum atomic E-state index is 14.1. The topological polar surface area (TPSA) is 66.3 Å². The van der Waals surface area contributed by atoms with Crippen molar-refractivity contribution in [3.63, 3.8) is 0 Å². The zero-order valence-electron chi connectivity index (χ0n) is 15.6. The van der Waals surface area contributed by atoms with Crippen LogP contribution in [0.5, 0.6) is 0 Å². The second kappa shape index (κ2) is 7.22. The van der Waals surface area contributed by atoms with Gasteiger partial charge in [0.2, 0.25) is 0 Å². The van der Waals surface area contributed by atoms with Gasteiger partial charge in [0, 0.05) is 24.5 Å². The van der Waals surface area contributed by atoms with Gasteiger partial charge < -0.3 is 10.0 Å². The van der Waals surface area contributed by atoms with Gasteiger partial charge in [0.1, 0.15) is 18.1 Å². The zero-order valence-corrected chi connectivity index (χ0v) is 16.3. The van der Waals surface area contributed by atoms with Crippen LogP contribution in [0.15, 0.2) is 42.7 Å². The molecular weight excluding hydrogens is 400 g/mol. The van der Waals surface area contributed by atoms with E-state index in [1.165, 1.54) is 6.33 Å². The first-order valence-electron chi connectivity index (χ1n) is 9.14. The average Bonchev–Trinajstić information content (AvgIpc) is 2.69. The molecule has 1 N–H and O–H groups in total. The second-order valence-electron chi connectivity index (χ2n) is 7.21. The summed E-state index contributed by atoms with van der Waals surface area (Å²) in [5.41, 5.74) is 3.24. The lowest BCUT2D eigenvalue weighted by Crippen LogP contribution is -2.50. The van der Waals surface area contributed by atoms with Crippen LogP contribution < -0.4 is 4.90 Å². The lowest BCUT2D eigenvalue weighted by molar-refractivity contribution is -0.158. The Labute approximate surface area is 171 Å². The molecule has 0 bridgehead atoms. The van der Waals surface area contributed by atoms with Gasteiger partial charge in [-0.15, -0.1) is 0 Å². The van der Waals surface area contributed by atoms with E-state index in [9.17, 15) is 18.7 Å². The molecule has 0 saturated carbocycles. The number of benzene rings is 2. The third-order valence-electron chi connectivity index (χ3n) is 5.35. The molecule has 1 aromatic heterocycles. The summed E-state index contributed by atoms with van der Waals surface area (Å²) in [4.78, 5) is 21.7. The van der Waals surface area contributed by atoms with Crippen molar-refractivity contribution < 1.29 is 18.7 Å². The van der Waals surface area contributed by atoms with Gasteiger partial charge in [0.05, 0.1) is 10.9 Å². The number of aryl methyl sites for hydroxylation is 1. The van der Waals surface area contributed by atoms with E-state index in [4.69, 9.17) is 11.6 Å². The van der Waals surface area contributed by atoms with E-state index in [0.29, 0.717) is 21.7 Å². The molecule has 3 aromatic rings. The van der Waals surface area contributed by atoms with Gasteiger partial charge in [-0.3, -0.25) is 4.79 Å². The molecule has 8 heteroatoms. The number of alkyl halides is 2. The molecule has 29 heavy (non-hydrogen) atoms. The third kappa shape index (κ3) is 3.51. The Kier molecular flexibility index (Phi) is 4.86. The Hall–Kier alpha value is -2.80. The van der Waals surface area contributed by atoms with E-state index in [0.717, 1.165) is 16.7 Å². The molecule has 1 aliphatic rings. The van der Waals surface area contributed by atoms with Crippen LogP contribution in [-0.2, 0) is 4.79 Å². The van der Waals surface area contributed by atoms with Gasteiger partial charge in [-0.1, -0.05) is 35.9 Å². The van der Waals surface area contributed by atoms with E-state index >= 15 is 0 Å². The Morgan fingerprint density at radius 3 is 2.79 bits per heavy atom. The highest BCUT2D eigenvalue weighted by Gasteiger charge is 2.49. The van der Waals surface area contributed by atoms with Crippen molar-refractivity contribution in [2.75, 3.05) is 18.0 Å². The van der Waals surface area contributed by atoms with Gasteiger partial charge >= 0.3 is 5.97 Å². The second-order valence-corrected chi connectivity index (χ2v) is 7.62. The highest BCUT2D eigenvalue weighted by atomic mass is 35.5. The third-order valence-corrected chi connectivity index (χ3v) is 5.76. The van der Waals surface area contributed by atoms with Crippen molar-refractivity contribution in [2.45, 2.75) is 19.3 Å². The number of nitrogens with zero attached hydrogens (tertiary/aromatic N) is 3. The number of aliphatic carboxylic acids is 1. The molecule has 1 aliphatic heterocycles. The van der Waals surface area contributed by atoms with E-state index in [2.05, 4.69) is 9.97 Å². The Balaban J connectivity index is 1.86. The van der Waals surface area contributed by atoms with Gasteiger partial charge in [-0.25, -0.2) is 18.7 Å². The number of fused-ring (bicyclic) bond motifs is 1. The van der Waals surface area contributed by atoms with E-state index < -0.39 is 24.2 Å². The fourth-order valence-electron chi connectivity index (χ4n) is 3.69. The molecule has 0 aliphatic carbocycles. The summed E-state index contributed by atoms with van der Waals surface area (Å²) in [5.74, 6) is -6.10. The van der Waals surface area contributed by atoms with Crippen LogP contribution in [0.4, 0.5) is 14.6 Å². The van der Waals surface area contributed by atoms with E-state index in [1.807, 2.05) is 43.3 Å². The quantitative estimate of drug-likeness (QED) is 0.662. The molecule has 0 radical (unpaired) electrons. The summed E-state index contributed by atoms with van der Waals surface area (Å²) >= 11 is 6.30. The van der Waals surface area contributed by atoms with Crippen LogP contribution in [0.1, 0.15) is 12.0 Å². The van der Waals surface area contributed by atoms with Crippen LogP contribution in [0.2, 0.25) is 5.02 Å². The zero-order chi connectivity index (χ0) is 20.8. The van der Waals surface area contributed by atoms with Gasteiger partial charge in [0.25, 0.3) is 5.92 Å². The maximum Gasteiger partial charge on any atom is 0.314 e. The Morgan fingerprint density at radius 1 is 1.28 bits per heavy atom. The largest absolute Gasteiger partial charge is 0.481 e. The Bertz CT molecular complexity index is 1100. The smallest absolute Gasteiger partial charge is 0.314 e. The number of hydrogen-bond acceptors (Lipinski definition) is 4. The van der Waals surface area contributed by atoms with Crippen molar-refractivity contribution in [2.24, 2.45) is 5.92 Å². The molecular formula is C21H18ClF2N3O2. The van der Waals surface area contributed by atoms with Crippen molar-refractivity contribution in [1.29, 1.82) is 0 Å². The first kappa shape index (κ1) is 19.5. The molecule has 150 valence electrons. The molecule has 1 atom stereocenters. The van der Waals surface area contributed by atoms with Crippen molar-refractivity contribution in [3.8, 4) is 11.1 Å². The van der Waals surface area contributed by atoms with Gasteiger partial charge in [0.15, 0.2) is 0 Å². The number of carboxylic acid groups (broad SMARTS) is 1. The monoisotopic (exact) mass is 417 g/mol. The average molecular weight is 418 g/mol. The first-order valence-corrected chi connectivity index (χ1v) is 9.51. The number of hydrogen-bond donors (Lipinski definition) is 1. The summed E-state index contributed by atoms with van der Waals surface area (Å²) in [5, 5.41) is 10.6. The minimum atomic E-state index is -3.25. The van der Waals surface area contributed by atoms with Crippen LogP contribution in [0.3, 0.4) is 0 Å². The summed E-state index contributed by atoms with van der Waals surface area (Å²) < 4.78 is 28.2. The number of carboxylic acids is 1. The summed E-state index contributed by atoms with van der Waals surface area (Å²) in [6.45, 7) is 1.59. The van der Waals surface area contributed by atoms with Crippen molar-refractivity contribution in [1.82, 2.24) is 9.97 Å².